The number of hydrogen-bond acceptors (Lipinski definition) is 3. The lowest BCUT2D eigenvalue weighted by atomic mass is 10.2. The van der Waals surface area contributed by atoms with Crippen molar-refractivity contribution < 1.29 is 18.0 Å². The number of hydrogen-bond donors (Lipinski definition) is 2. The second kappa shape index (κ2) is 7.12. The maximum absolute atomic E-state index is 12.0. The summed E-state index contributed by atoms with van der Waals surface area (Å²) in [6.07, 6.45) is -3.08. The lowest BCUT2D eigenvalue weighted by molar-refractivity contribution is -0.132. The number of nitrogens with one attached hydrogen (secondary N) is 2. The summed E-state index contributed by atoms with van der Waals surface area (Å²) in [6.45, 7) is 3.99. The number of rotatable bonds is 6. The van der Waals surface area contributed by atoms with Crippen molar-refractivity contribution in [1.29, 1.82) is 0 Å². The van der Waals surface area contributed by atoms with Crippen molar-refractivity contribution in [2.75, 3.05) is 18.4 Å². The molecular weight excluding hydrogens is 271 g/mol. The zero-order valence-corrected chi connectivity index (χ0v) is 11.5. The largest absolute Gasteiger partial charge is 0.390 e. The number of carbonyl (C=O) groups is 1. The maximum Gasteiger partial charge on any atom is 0.390 e. The van der Waals surface area contributed by atoms with E-state index >= 15 is 0 Å². The van der Waals surface area contributed by atoms with Crippen LogP contribution in [0.1, 0.15) is 35.8 Å². The van der Waals surface area contributed by atoms with Crippen molar-refractivity contribution in [3.8, 4) is 0 Å². The van der Waals surface area contributed by atoms with Gasteiger partial charge in [0.25, 0.3) is 5.91 Å². The van der Waals surface area contributed by atoms with Gasteiger partial charge in [0.15, 0.2) is 0 Å². The molecule has 7 heteroatoms. The molecule has 0 unspecified atom stereocenters. The number of halogens is 3. The first kappa shape index (κ1) is 16.3. The Morgan fingerprint density at radius 3 is 2.65 bits per heavy atom. The van der Waals surface area contributed by atoms with E-state index in [4.69, 9.17) is 0 Å². The van der Waals surface area contributed by atoms with Crippen molar-refractivity contribution in [2.45, 2.75) is 32.9 Å². The zero-order chi connectivity index (χ0) is 15.2. The van der Waals surface area contributed by atoms with Gasteiger partial charge in [-0.05, 0) is 19.4 Å². The molecule has 0 aromatic carbocycles. The van der Waals surface area contributed by atoms with Crippen LogP contribution in [0.25, 0.3) is 0 Å². The molecule has 0 saturated carbocycles. The predicted octanol–water partition coefficient (Wildman–Crippen LogP) is 2.89. The number of amides is 1. The van der Waals surface area contributed by atoms with Crippen LogP contribution in [0, 0.1) is 6.92 Å². The van der Waals surface area contributed by atoms with E-state index in [-0.39, 0.29) is 5.56 Å². The van der Waals surface area contributed by atoms with E-state index in [1.807, 2.05) is 6.92 Å². The maximum atomic E-state index is 12.0. The van der Waals surface area contributed by atoms with Crippen LogP contribution < -0.4 is 10.6 Å². The monoisotopic (exact) mass is 289 g/mol. The fourth-order valence-corrected chi connectivity index (χ4v) is 1.56. The van der Waals surface area contributed by atoms with Gasteiger partial charge in [-0.2, -0.15) is 13.2 Å². The zero-order valence-electron chi connectivity index (χ0n) is 11.5. The number of anilines is 1. The number of alkyl halides is 3. The highest BCUT2D eigenvalue weighted by atomic mass is 19.4. The molecule has 1 aromatic rings. The molecule has 112 valence electrons. The van der Waals surface area contributed by atoms with Crippen LogP contribution in [0.3, 0.4) is 0 Å². The molecule has 1 amide bonds. The van der Waals surface area contributed by atoms with E-state index in [0.29, 0.717) is 12.2 Å². The molecule has 1 aromatic heterocycles. The van der Waals surface area contributed by atoms with E-state index in [1.54, 1.807) is 13.0 Å². The molecule has 0 aliphatic carbocycles. The summed E-state index contributed by atoms with van der Waals surface area (Å²) in [5.41, 5.74) is 1.57. The molecule has 0 bridgehead atoms. The van der Waals surface area contributed by atoms with Gasteiger partial charge in [-0.25, -0.2) is 0 Å². The Morgan fingerprint density at radius 1 is 1.35 bits per heavy atom. The van der Waals surface area contributed by atoms with Gasteiger partial charge in [0.1, 0.15) is 0 Å². The summed E-state index contributed by atoms with van der Waals surface area (Å²) in [6, 6.07) is 1.70. The van der Waals surface area contributed by atoms with Gasteiger partial charge in [0.05, 0.1) is 17.7 Å². The number of pyridine rings is 1. The third-order valence-corrected chi connectivity index (χ3v) is 2.54. The van der Waals surface area contributed by atoms with Crippen molar-refractivity contribution in [3.05, 3.63) is 23.5 Å². The molecule has 0 aliphatic rings. The van der Waals surface area contributed by atoms with Crippen LogP contribution in [0.5, 0.6) is 0 Å². The number of nitrogens with zero attached hydrogens (tertiary/aromatic N) is 1. The van der Waals surface area contributed by atoms with Crippen molar-refractivity contribution in [1.82, 2.24) is 10.3 Å². The van der Waals surface area contributed by atoms with Crippen LogP contribution in [-0.4, -0.2) is 30.2 Å². The van der Waals surface area contributed by atoms with Gasteiger partial charge >= 0.3 is 6.18 Å². The van der Waals surface area contributed by atoms with Gasteiger partial charge in [0, 0.05) is 25.0 Å². The SMILES string of the molecule is CCCNc1cc(C)ncc1C(=O)NCCC(F)(F)F. The second-order valence-corrected chi connectivity index (χ2v) is 4.42. The quantitative estimate of drug-likeness (QED) is 0.846. The number of aromatic nitrogens is 1. The van der Waals surface area contributed by atoms with E-state index in [0.717, 1.165) is 12.1 Å². The fourth-order valence-electron chi connectivity index (χ4n) is 1.56. The minimum absolute atomic E-state index is 0.256. The molecular formula is C13H18F3N3O. The molecule has 0 aliphatic heterocycles. The van der Waals surface area contributed by atoms with Crippen molar-refractivity contribution >= 4 is 11.6 Å². The molecule has 0 saturated heterocycles. The molecule has 0 fully saturated rings. The minimum Gasteiger partial charge on any atom is -0.384 e. The van der Waals surface area contributed by atoms with E-state index in [9.17, 15) is 18.0 Å². The van der Waals surface area contributed by atoms with Crippen LogP contribution in [0.4, 0.5) is 18.9 Å². The number of carbonyl (C=O) groups excluding carboxylic acids is 1. The molecule has 0 radical (unpaired) electrons. The van der Waals surface area contributed by atoms with Crippen LogP contribution in [-0.2, 0) is 0 Å². The highest BCUT2D eigenvalue weighted by Crippen LogP contribution is 2.19. The van der Waals surface area contributed by atoms with Crippen LogP contribution >= 0.6 is 0 Å². The van der Waals surface area contributed by atoms with Gasteiger partial charge in [-0.1, -0.05) is 6.92 Å². The Kier molecular flexibility index (Phi) is 5.79. The summed E-state index contributed by atoms with van der Waals surface area (Å²) in [7, 11) is 0. The Hall–Kier alpha value is -1.79. The molecule has 2 N–H and O–H groups in total. The van der Waals surface area contributed by atoms with Gasteiger partial charge in [-0.3, -0.25) is 9.78 Å². The van der Waals surface area contributed by atoms with Gasteiger partial charge in [-0.15, -0.1) is 0 Å². The first-order valence-corrected chi connectivity index (χ1v) is 6.39. The molecule has 4 nitrogen and oxygen atoms in total. The molecule has 1 rings (SSSR count). The molecule has 1 heterocycles. The summed E-state index contributed by atoms with van der Waals surface area (Å²) in [5, 5.41) is 5.32. The predicted molar refractivity (Wildman–Crippen MR) is 70.8 cm³/mol. The molecule has 20 heavy (non-hydrogen) atoms. The van der Waals surface area contributed by atoms with E-state index in [2.05, 4.69) is 15.6 Å². The smallest absolute Gasteiger partial charge is 0.384 e. The summed E-state index contributed by atoms with van der Waals surface area (Å²) < 4.78 is 36.1. The first-order valence-electron chi connectivity index (χ1n) is 6.39. The lowest BCUT2D eigenvalue weighted by Gasteiger charge is -2.12. The Balaban J connectivity index is 2.71. The Labute approximate surface area is 115 Å². The van der Waals surface area contributed by atoms with E-state index in [1.165, 1.54) is 6.20 Å². The summed E-state index contributed by atoms with van der Waals surface area (Å²) >= 11 is 0. The van der Waals surface area contributed by atoms with Crippen LogP contribution in [0.2, 0.25) is 0 Å². The average Bonchev–Trinajstić information content (AvgIpc) is 2.34. The molecule has 0 spiro atoms. The number of aryl methyl sites for hydroxylation is 1. The van der Waals surface area contributed by atoms with Crippen molar-refractivity contribution in [3.63, 3.8) is 0 Å². The fraction of sp³-hybridized carbons (Fsp3) is 0.538. The summed E-state index contributed by atoms with van der Waals surface area (Å²) in [5.74, 6) is -0.555. The normalized spacial score (nSPS) is 11.2. The molecule has 0 atom stereocenters. The highest BCUT2D eigenvalue weighted by Gasteiger charge is 2.26. The minimum atomic E-state index is -4.28. The lowest BCUT2D eigenvalue weighted by Crippen LogP contribution is -2.28. The van der Waals surface area contributed by atoms with Crippen molar-refractivity contribution in [2.24, 2.45) is 0 Å². The topological polar surface area (TPSA) is 54.0 Å². The van der Waals surface area contributed by atoms with Gasteiger partial charge < -0.3 is 10.6 Å². The Bertz CT molecular complexity index is 461. The highest BCUT2D eigenvalue weighted by molar-refractivity contribution is 5.99. The third kappa shape index (κ3) is 5.46. The second-order valence-electron chi connectivity index (χ2n) is 4.42. The third-order valence-electron chi connectivity index (χ3n) is 2.54. The Morgan fingerprint density at radius 2 is 2.05 bits per heavy atom. The summed E-state index contributed by atoms with van der Waals surface area (Å²) in [4.78, 5) is 15.9. The average molecular weight is 289 g/mol. The van der Waals surface area contributed by atoms with Gasteiger partial charge in [0.2, 0.25) is 0 Å². The first-order chi connectivity index (χ1) is 9.33. The van der Waals surface area contributed by atoms with Crippen LogP contribution in [0.15, 0.2) is 12.3 Å². The van der Waals surface area contributed by atoms with E-state index < -0.39 is 25.0 Å². The standard InChI is InChI=1S/C13H18F3N3O/c1-3-5-17-11-7-9(2)19-8-10(11)12(20)18-6-4-13(14,15)16/h7-8H,3-6H2,1-2H3,(H,17,19)(H,18,20).